The average Bonchev–Trinajstić information content (AvgIpc) is 3.23. The summed E-state index contributed by atoms with van der Waals surface area (Å²) in [6.45, 7) is 1.75. The second-order valence-corrected chi connectivity index (χ2v) is 7.03. The van der Waals surface area contributed by atoms with E-state index in [-0.39, 0.29) is 6.61 Å². The quantitative estimate of drug-likeness (QED) is 0.448. The minimum atomic E-state index is -0.449. The Morgan fingerprint density at radius 1 is 1.19 bits per heavy atom. The summed E-state index contributed by atoms with van der Waals surface area (Å²) >= 11 is 7.30. The lowest BCUT2D eigenvalue weighted by Gasteiger charge is -2.00. The molecule has 0 aliphatic carbocycles. The third kappa shape index (κ3) is 3.34. The number of aryl methyl sites for hydroxylation is 1. The Labute approximate surface area is 158 Å². The molecule has 4 rings (SSSR count). The summed E-state index contributed by atoms with van der Waals surface area (Å²) in [7, 11) is 0. The fourth-order valence-corrected chi connectivity index (χ4v) is 3.65. The van der Waals surface area contributed by atoms with E-state index in [4.69, 9.17) is 20.8 Å². The van der Waals surface area contributed by atoms with Crippen LogP contribution in [0.5, 0.6) is 0 Å². The number of fused-ring (bicyclic) bond motifs is 1. The molecule has 130 valence electrons. The average molecular weight is 385 g/mol. The zero-order chi connectivity index (χ0) is 18.1. The van der Waals surface area contributed by atoms with Crippen LogP contribution in [-0.2, 0) is 11.3 Å². The van der Waals surface area contributed by atoms with Gasteiger partial charge in [-0.25, -0.2) is 14.8 Å². The molecule has 5 nitrogen and oxygen atoms in total. The topological polar surface area (TPSA) is 65.2 Å². The summed E-state index contributed by atoms with van der Waals surface area (Å²) in [5, 5.41) is 1.34. The standard InChI is InChI=1S/C19H13ClN2O3S/c1-11-17(26-18(21-11)12-5-4-6-13(20)9-12)19(23)24-10-16-22-14-7-2-3-8-15(14)25-16/h2-9H,10H2,1H3. The first-order valence-electron chi connectivity index (χ1n) is 7.85. The van der Waals surface area contributed by atoms with Gasteiger partial charge in [-0.1, -0.05) is 35.9 Å². The number of hydrogen-bond acceptors (Lipinski definition) is 6. The lowest BCUT2D eigenvalue weighted by atomic mass is 10.2. The Bertz CT molecular complexity index is 1070. The molecular weight excluding hydrogens is 372 g/mol. The zero-order valence-electron chi connectivity index (χ0n) is 13.7. The van der Waals surface area contributed by atoms with Gasteiger partial charge in [0.05, 0.1) is 5.69 Å². The second-order valence-electron chi connectivity index (χ2n) is 5.60. The highest BCUT2D eigenvalue weighted by atomic mass is 35.5. The van der Waals surface area contributed by atoms with Gasteiger partial charge in [0, 0.05) is 10.6 Å². The van der Waals surface area contributed by atoms with Crippen molar-refractivity contribution in [2.45, 2.75) is 13.5 Å². The molecule has 0 N–H and O–H groups in total. The highest BCUT2D eigenvalue weighted by molar-refractivity contribution is 7.17. The summed E-state index contributed by atoms with van der Waals surface area (Å²) in [6, 6.07) is 14.7. The number of oxazole rings is 1. The number of carbonyl (C=O) groups excluding carboxylic acids is 1. The van der Waals surface area contributed by atoms with E-state index < -0.39 is 5.97 Å². The normalized spacial score (nSPS) is 11.0. The molecule has 0 radical (unpaired) electrons. The van der Waals surface area contributed by atoms with Crippen LogP contribution in [0.3, 0.4) is 0 Å². The van der Waals surface area contributed by atoms with Crippen molar-refractivity contribution in [3.05, 3.63) is 70.0 Å². The number of aromatic nitrogens is 2. The van der Waals surface area contributed by atoms with Crippen LogP contribution < -0.4 is 0 Å². The van der Waals surface area contributed by atoms with Crippen molar-refractivity contribution in [1.29, 1.82) is 0 Å². The largest absolute Gasteiger partial charge is 0.451 e. The van der Waals surface area contributed by atoms with Gasteiger partial charge >= 0.3 is 5.97 Å². The van der Waals surface area contributed by atoms with Crippen LogP contribution >= 0.6 is 22.9 Å². The first-order valence-corrected chi connectivity index (χ1v) is 9.04. The summed E-state index contributed by atoms with van der Waals surface area (Å²) in [4.78, 5) is 21.6. The Balaban J connectivity index is 1.51. The molecule has 0 aliphatic heterocycles. The molecule has 0 saturated carbocycles. The van der Waals surface area contributed by atoms with E-state index in [0.717, 1.165) is 16.1 Å². The van der Waals surface area contributed by atoms with Crippen molar-refractivity contribution in [3.8, 4) is 10.6 Å². The number of carbonyl (C=O) groups is 1. The molecule has 0 saturated heterocycles. The van der Waals surface area contributed by atoms with Gasteiger partial charge in [-0.2, -0.15) is 0 Å². The van der Waals surface area contributed by atoms with Gasteiger partial charge in [0.15, 0.2) is 12.2 Å². The number of benzene rings is 2. The maximum Gasteiger partial charge on any atom is 0.350 e. The van der Waals surface area contributed by atoms with E-state index in [1.165, 1.54) is 11.3 Å². The first-order chi connectivity index (χ1) is 12.6. The van der Waals surface area contributed by atoms with E-state index in [2.05, 4.69) is 9.97 Å². The van der Waals surface area contributed by atoms with Crippen molar-refractivity contribution in [2.75, 3.05) is 0 Å². The molecule has 0 spiro atoms. The molecule has 2 heterocycles. The molecule has 2 aromatic heterocycles. The van der Waals surface area contributed by atoms with E-state index in [9.17, 15) is 4.79 Å². The van der Waals surface area contributed by atoms with Gasteiger partial charge in [0.25, 0.3) is 0 Å². The molecule has 26 heavy (non-hydrogen) atoms. The van der Waals surface area contributed by atoms with E-state index in [0.29, 0.717) is 27.1 Å². The summed E-state index contributed by atoms with van der Waals surface area (Å²) in [6.07, 6.45) is 0. The van der Waals surface area contributed by atoms with Crippen molar-refractivity contribution >= 4 is 40.0 Å². The number of nitrogens with zero attached hydrogens (tertiary/aromatic N) is 2. The Morgan fingerprint density at radius 3 is 2.85 bits per heavy atom. The minimum absolute atomic E-state index is 0.0304. The van der Waals surface area contributed by atoms with Crippen LogP contribution in [0.4, 0.5) is 0 Å². The van der Waals surface area contributed by atoms with Gasteiger partial charge in [0.1, 0.15) is 15.4 Å². The third-order valence-electron chi connectivity index (χ3n) is 3.72. The smallest absolute Gasteiger partial charge is 0.350 e. The summed E-state index contributed by atoms with van der Waals surface area (Å²) < 4.78 is 10.9. The molecule has 2 aromatic carbocycles. The molecular formula is C19H13ClN2O3S. The lowest BCUT2D eigenvalue weighted by molar-refractivity contribution is 0.0445. The predicted molar refractivity (Wildman–Crippen MR) is 100 cm³/mol. The fourth-order valence-electron chi connectivity index (χ4n) is 2.51. The summed E-state index contributed by atoms with van der Waals surface area (Å²) in [5.41, 5.74) is 2.88. The third-order valence-corrected chi connectivity index (χ3v) is 5.14. The minimum Gasteiger partial charge on any atom is -0.451 e. The van der Waals surface area contributed by atoms with E-state index >= 15 is 0 Å². The van der Waals surface area contributed by atoms with Crippen molar-refractivity contribution in [2.24, 2.45) is 0 Å². The fraction of sp³-hybridized carbons (Fsp3) is 0.105. The van der Waals surface area contributed by atoms with Crippen LogP contribution in [0.15, 0.2) is 52.9 Å². The summed E-state index contributed by atoms with van der Waals surface area (Å²) in [5.74, 6) is -0.0904. The van der Waals surface area contributed by atoms with Crippen molar-refractivity contribution in [1.82, 2.24) is 9.97 Å². The highest BCUT2D eigenvalue weighted by Crippen LogP contribution is 2.30. The Kier molecular flexibility index (Phi) is 4.44. The SMILES string of the molecule is Cc1nc(-c2cccc(Cl)c2)sc1C(=O)OCc1nc2ccccc2o1. The van der Waals surface area contributed by atoms with Gasteiger partial charge in [0.2, 0.25) is 5.89 Å². The number of esters is 1. The van der Waals surface area contributed by atoms with Crippen LogP contribution in [0.1, 0.15) is 21.3 Å². The molecule has 0 aliphatic rings. The molecule has 0 fully saturated rings. The van der Waals surface area contributed by atoms with Gasteiger partial charge in [-0.3, -0.25) is 0 Å². The highest BCUT2D eigenvalue weighted by Gasteiger charge is 2.19. The van der Waals surface area contributed by atoms with Gasteiger partial charge in [-0.15, -0.1) is 11.3 Å². The van der Waals surface area contributed by atoms with Crippen LogP contribution in [0.2, 0.25) is 5.02 Å². The Morgan fingerprint density at radius 2 is 2.04 bits per heavy atom. The lowest BCUT2D eigenvalue weighted by Crippen LogP contribution is -2.05. The second kappa shape index (κ2) is 6.90. The van der Waals surface area contributed by atoms with Crippen LogP contribution in [0, 0.1) is 6.92 Å². The molecule has 7 heteroatoms. The number of hydrogen-bond donors (Lipinski definition) is 0. The maximum absolute atomic E-state index is 12.4. The maximum atomic E-state index is 12.4. The number of para-hydroxylation sites is 2. The Hall–Kier alpha value is -2.70. The molecule has 0 unspecified atom stereocenters. The van der Waals surface area contributed by atoms with Crippen LogP contribution in [0.25, 0.3) is 21.7 Å². The van der Waals surface area contributed by atoms with Crippen molar-refractivity contribution in [3.63, 3.8) is 0 Å². The number of rotatable bonds is 4. The van der Waals surface area contributed by atoms with E-state index in [1.54, 1.807) is 13.0 Å². The predicted octanol–water partition coefficient (Wildman–Crippen LogP) is 5.27. The number of halogens is 1. The molecule has 0 amide bonds. The number of ether oxygens (including phenoxy) is 1. The zero-order valence-corrected chi connectivity index (χ0v) is 15.3. The first kappa shape index (κ1) is 16.8. The monoisotopic (exact) mass is 384 g/mol. The number of thiazole rings is 1. The molecule has 0 bridgehead atoms. The van der Waals surface area contributed by atoms with E-state index in [1.807, 2.05) is 42.5 Å². The molecule has 0 atom stereocenters. The van der Waals surface area contributed by atoms with Gasteiger partial charge in [-0.05, 0) is 31.2 Å². The van der Waals surface area contributed by atoms with Gasteiger partial charge < -0.3 is 9.15 Å². The van der Waals surface area contributed by atoms with Crippen molar-refractivity contribution < 1.29 is 13.9 Å². The van der Waals surface area contributed by atoms with Crippen LogP contribution in [-0.4, -0.2) is 15.9 Å². The molecule has 4 aromatic rings.